The first-order chi connectivity index (χ1) is 13.9. The Morgan fingerprint density at radius 2 is 2.07 bits per heavy atom. The first-order valence-electron chi connectivity index (χ1n) is 9.43. The highest BCUT2D eigenvalue weighted by Crippen LogP contribution is 2.42. The van der Waals surface area contributed by atoms with E-state index in [2.05, 4.69) is 15.1 Å². The van der Waals surface area contributed by atoms with Crippen molar-refractivity contribution in [3.05, 3.63) is 41.6 Å². The van der Waals surface area contributed by atoms with Gasteiger partial charge in [-0.05, 0) is 55.9 Å². The molecule has 152 valence electrons. The average Bonchev–Trinajstić information content (AvgIpc) is 3.00. The number of nitrogens with zero attached hydrogens (tertiary/aromatic N) is 4. The second-order valence-electron chi connectivity index (χ2n) is 7.30. The first kappa shape index (κ1) is 19.4. The third-order valence-electron chi connectivity index (χ3n) is 5.19. The Balaban J connectivity index is 1.86. The largest absolute Gasteiger partial charge is 0.479 e. The molecule has 0 bridgehead atoms. The zero-order valence-electron chi connectivity index (χ0n) is 16.4. The standard InChI is InChI=1S/C21H21F3N4O/c1-11-8-13(5-7-18(23)24)15-9-14(4-6-17(15)25-11)19-16(22)10-28-20(19)21(29-3)26-12(2)27-28/h4,6,9-10,13,18H,5,7-8H2,1-3H3. The summed E-state index contributed by atoms with van der Waals surface area (Å²) in [5.41, 5.74) is 3.89. The summed E-state index contributed by atoms with van der Waals surface area (Å²) in [5, 5.41) is 4.23. The maximum absolute atomic E-state index is 14.9. The lowest BCUT2D eigenvalue weighted by atomic mass is 9.85. The maximum Gasteiger partial charge on any atom is 0.242 e. The maximum atomic E-state index is 14.9. The summed E-state index contributed by atoms with van der Waals surface area (Å²) in [6, 6.07) is 5.44. The number of halogens is 3. The fraction of sp³-hybridized carbons (Fsp3) is 0.381. The van der Waals surface area contributed by atoms with E-state index in [1.54, 1.807) is 13.0 Å². The van der Waals surface area contributed by atoms with Gasteiger partial charge in [-0.25, -0.2) is 17.7 Å². The van der Waals surface area contributed by atoms with E-state index >= 15 is 0 Å². The normalized spacial score (nSPS) is 16.2. The zero-order chi connectivity index (χ0) is 20.7. The van der Waals surface area contributed by atoms with Crippen LogP contribution in [0.4, 0.5) is 18.9 Å². The molecule has 29 heavy (non-hydrogen) atoms. The molecular weight excluding hydrogens is 381 g/mol. The van der Waals surface area contributed by atoms with Crippen LogP contribution in [0.15, 0.2) is 29.4 Å². The van der Waals surface area contributed by atoms with Crippen molar-refractivity contribution < 1.29 is 17.9 Å². The number of hydrogen-bond donors (Lipinski definition) is 0. The molecule has 1 atom stereocenters. The van der Waals surface area contributed by atoms with Gasteiger partial charge in [0.25, 0.3) is 0 Å². The Hall–Kier alpha value is -2.90. The molecule has 0 radical (unpaired) electrons. The summed E-state index contributed by atoms with van der Waals surface area (Å²) in [6.07, 6.45) is -0.262. The predicted octanol–water partition coefficient (Wildman–Crippen LogP) is 5.48. The van der Waals surface area contributed by atoms with Gasteiger partial charge in [-0.1, -0.05) is 6.07 Å². The predicted molar refractivity (Wildman–Crippen MR) is 105 cm³/mol. The highest BCUT2D eigenvalue weighted by atomic mass is 19.3. The Bertz CT molecular complexity index is 1110. The fourth-order valence-corrected chi connectivity index (χ4v) is 3.98. The summed E-state index contributed by atoms with van der Waals surface area (Å²) in [5.74, 6) is 0.201. The van der Waals surface area contributed by atoms with Crippen molar-refractivity contribution >= 4 is 16.9 Å². The minimum atomic E-state index is -2.35. The molecule has 8 heteroatoms. The Morgan fingerprint density at radius 1 is 1.28 bits per heavy atom. The quantitative estimate of drug-likeness (QED) is 0.568. The van der Waals surface area contributed by atoms with Gasteiger partial charge in [-0.15, -0.1) is 0 Å². The summed E-state index contributed by atoms with van der Waals surface area (Å²) >= 11 is 0. The van der Waals surface area contributed by atoms with Crippen LogP contribution in [-0.4, -0.2) is 33.8 Å². The molecule has 1 aliphatic heterocycles. The van der Waals surface area contributed by atoms with E-state index in [0.29, 0.717) is 35.3 Å². The minimum Gasteiger partial charge on any atom is -0.479 e. The Labute approximate surface area is 166 Å². The van der Waals surface area contributed by atoms with Gasteiger partial charge in [-0.2, -0.15) is 10.1 Å². The number of ether oxygens (including phenoxy) is 1. The summed E-state index contributed by atoms with van der Waals surface area (Å²) < 4.78 is 47.3. The number of rotatable bonds is 5. The van der Waals surface area contributed by atoms with Crippen molar-refractivity contribution in [2.24, 2.45) is 4.99 Å². The topological polar surface area (TPSA) is 51.8 Å². The van der Waals surface area contributed by atoms with Gasteiger partial charge in [-0.3, -0.25) is 4.99 Å². The van der Waals surface area contributed by atoms with Crippen LogP contribution in [0.25, 0.3) is 16.6 Å². The van der Waals surface area contributed by atoms with Crippen molar-refractivity contribution in [2.75, 3.05) is 7.11 Å². The number of benzene rings is 1. The zero-order valence-corrected chi connectivity index (χ0v) is 16.4. The lowest BCUT2D eigenvalue weighted by Gasteiger charge is -2.24. The van der Waals surface area contributed by atoms with Gasteiger partial charge in [0.05, 0.1) is 24.6 Å². The summed E-state index contributed by atoms with van der Waals surface area (Å²) in [6.45, 7) is 3.60. The molecule has 5 nitrogen and oxygen atoms in total. The summed E-state index contributed by atoms with van der Waals surface area (Å²) in [7, 11) is 1.47. The van der Waals surface area contributed by atoms with Crippen LogP contribution in [0.2, 0.25) is 0 Å². The number of aromatic nitrogens is 3. The number of fused-ring (bicyclic) bond motifs is 2. The van der Waals surface area contributed by atoms with Crippen molar-refractivity contribution in [3.63, 3.8) is 0 Å². The van der Waals surface area contributed by atoms with Crippen LogP contribution in [0, 0.1) is 12.7 Å². The van der Waals surface area contributed by atoms with Gasteiger partial charge in [0.2, 0.25) is 12.3 Å². The van der Waals surface area contributed by atoms with E-state index in [1.165, 1.54) is 17.8 Å². The number of hydrogen-bond acceptors (Lipinski definition) is 4. The molecule has 2 aromatic heterocycles. The van der Waals surface area contributed by atoms with Crippen molar-refractivity contribution in [1.29, 1.82) is 0 Å². The third-order valence-corrected chi connectivity index (χ3v) is 5.19. The number of alkyl halides is 2. The molecule has 1 aliphatic rings. The average molecular weight is 402 g/mol. The van der Waals surface area contributed by atoms with Gasteiger partial charge in [0, 0.05) is 12.1 Å². The molecule has 0 saturated carbocycles. The van der Waals surface area contributed by atoms with Crippen LogP contribution in [0.5, 0.6) is 5.88 Å². The molecule has 0 spiro atoms. The lowest BCUT2D eigenvalue weighted by molar-refractivity contribution is 0.132. The highest BCUT2D eigenvalue weighted by molar-refractivity contribution is 5.90. The lowest BCUT2D eigenvalue weighted by Crippen LogP contribution is -2.11. The molecule has 1 unspecified atom stereocenters. The molecule has 0 saturated heterocycles. The Morgan fingerprint density at radius 3 is 2.79 bits per heavy atom. The van der Waals surface area contributed by atoms with Crippen LogP contribution in [0.1, 0.15) is 43.5 Å². The van der Waals surface area contributed by atoms with Gasteiger partial charge >= 0.3 is 0 Å². The summed E-state index contributed by atoms with van der Waals surface area (Å²) in [4.78, 5) is 8.81. The molecule has 3 aromatic rings. The monoisotopic (exact) mass is 402 g/mol. The van der Waals surface area contributed by atoms with Crippen LogP contribution in [-0.2, 0) is 0 Å². The van der Waals surface area contributed by atoms with Crippen molar-refractivity contribution in [3.8, 4) is 17.0 Å². The molecule has 0 amide bonds. The van der Waals surface area contributed by atoms with Gasteiger partial charge < -0.3 is 4.74 Å². The third kappa shape index (κ3) is 3.59. The SMILES string of the molecule is COc1nc(C)nn2cc(F)c(-c3ccc4c(c3)C(CCC(F)F)CC(C)=N4)c12. The molecule has 4 rings (SSSR count). The van der Waals surface area contributed by atoms with E-state index in [0.717, 1.165) is 17.0 Å². The highest BCUT2D eigenvalue weighted by Gasteiger charge is 2.25. The van der Waals surface area contributed by atoms with Crippen LogP contribution in [0.3, 0.4) is 0 Å². The van der Waals surface area contributed by atoms with Crippen LogP contribution < -0.4 is 4.74 Å². The first-order valence-corrected chi connectivity index (χ1v) is 9.43. The van der Waals surface area contributed by atoms with E-state index in [1.807, 2.05) is 19.1 Å². The molecule has 0 N–H and O–H groups in total. The van der Waals surface area contributed by atoms with Crippen LogP contribution >= 0.6 is 0 Å². The van der Waals surface area contributed by atoms with Gasteiger partial charge in [0.1, 0.15) is 11.3 Å². The second kappa shape index (κ2) is 7.50. The number of aliphatic imine (C=N–C) groups is 1. The van der Waals surface area contributed by atoms with E-state index < -0.39 is 12.2 Å². The minimum absolute atomic E-state index is 0.0752. The van der Waals surface area contributed by atoms with Crippen molar-refractivity contribution in [1.82, 2.24) is 14.6 Å². The second-order valence-corrected chi connectivity index (χ2v) is 7.30. The number of methoxy groups -OCH3 is 1. The molecule has 0 fully saturated rings. The van der Waals surface area contributed by atoms with Crippen molar-refractivity contribution in [2.45, 2.75) is 45.5 Å². The van der Waals surface area contributed by atoms with E-state index in [-0.39, 0.29) is 18.2 Å². The molecule has 0 aliphatic carbocycles. The Kier molecular flexibility index (Phi) is 5.02. The number of aryl methyl sites for hydroxylation is 1. The smallest absolute Gasteiger partial charge is 0.242 e. The van der Waals surface area contributed by atoms with E-state index in [9.17, 15) is 13.2 Å². The fourth-order valence-electron chi connectivity index (χ4n) is 3.98. The molecule has 1 aromatic carbocycles. The van der Waals surface area contributed by atoms with Gasteiger partial charge in [0.15, 0.2) is 5.82 Å². The van der Waals surface area contributed by atoms with E-state index in [4.69, 9.17) is 4.74 Å². The molecule has 3 heterocycles. The molecular formula is C21H21F3N4O.